The average Bonchev–Trinajstić information content (AvgIpc) is 1.75. The highest BCUT2D eigenvalue weighted by molar-refractivity contribution is 9.11. The molecule has 109 heavy (non-hydrogen) atoms. The lowest BCUT2D eigenvalue weighted by atomic mass is 9.79. The quantitative estimate of drug-likeness (QED) is 0.0867. The normalized spacial score (nSPS) is 13.9. The van der Waals surface area contributed by atoms with E-state index in [2.05, 4.69) is 203 Å². The molecule has 1 aliphatic carbocycles. The summed E-state index contributed by atoms with van der Waals surface area (Å²) in [5, 5.41) is 14.2. The summed E-state index contributed by atoms with van der Waals surface area (Å²) in [4.78, 5) is 37.0. The van der Waals surface area contributed by atoms with Gasteiger partial charge in [0.25, 0.3) is 0 Å². The van der Waals surface area contributed by atoms with Gasteiger partial charge in [-0.15, -0.1) is 0 Å². The standard InChI is InChI=1S/C56H36N6.C29H26BN3O2.C10H6Br2/c1-58-46-32-30-43(31-33-46)54-35-52(41-12-6-3-7-13-41)60-56(62-54)45-28-24-39(25-29-45)48-15-9-16-49-47(14-8-17-50(48)49)38-22-26-44(27-23-38)55-59-51(40-10-4-2-5-11-40)34-53(61-55)42-20-18-37(36-57)19-21-42;1-28(2)29(3,4)35-30(34-28)23-15-11-22(12-16-23)27-32-25(20-9-7-6-8-10-20)19-26(33-27)21-13-17-24(31-5)18-14-21;11-9-5-1-3-7-8(9)4-2-6-10(7)12/h2-28,30-35,45H,29H2;6-19H,1-4H3;1-6H. The number of hydrogen-bond donors (Lipinski definition) is 0. The van der Waals surface area contributed by atoms with E-state index in [0.29, 0.717) is 28.6 Å². The van der Waals surface area contributed by atoms with Gasteiger partial charge in [0.05, 0.1) is 70.1 Å². The number of nitriles is 1. The molecule has 522 valence electrons. The van der Waals surface area contributed by atoms with E-state index in [1.54, 1.807) is 0 Å². The summed E-state index contributed by atoms with van der Waals surface area (Å²) in [6.07, 6.45) is 7.51. The van der Waals surface area contributed by atoms with Crippen LogP contribution in [0.5, 0.6) is 0 Å². The molecule has 1 atom stereocenters. The summed E-state index contributed by atoms with van der Waals surface area (Å²) in [5.74, 6) is 2.05. The smallest absolute Gasteiger partial charge is 0.399 e. The number of aromatic nitrogens is 6. The Hall–Kier alpha value is -12.7. The van der Waals surface area contributed by atoms with Crippen LogP contribution in [-0.2, 0) is 9.31 Å². The minimum atomic E-state index is -0.415. The zero-order chi connectivity index (χ0) is 75.0. The van der Waals surface area contributed by atoms with Crippen molar-refractivity contribution < 1.29 is 9.31 Å². The molecule has 11 nitrogen and oxygen atoms in total. The molecule has 15 aromatic rings. The number of hydrogen-bond acceptors (Lipinski definition) is 9. The van der Waals surface area contributed by atoms with Gasteiger partial charge >= 0.3 is 7.12 Å². The van der Waals surface area contributed by atoms with Gasteiger partial charge in [-0.25, -0.2) is 39.6 Å². The Kier molecular flexibility index (Phi) is 21.0. The number of rotatable bonds is 12. The van der Waals surface area contributed by atoms with Gasteiger partial charge in [-0.2, -0.15) is 5.26 Å². The van der Waals surface area contributed by atoms with Crippen molar-refractivity contribution in [1.82, 2.24) is 29.9 Å². The molecule has 0 N–H and O–H groups in total. The first kappa shape index (κ1) is 71.9. The Morgan fingerprint density at radius 2 is 0.752 bits per heavy atom. The molecule has 1 aliphatic heterocycles. The van der Waals surface area contributed by atoms with Gasteiger partial charge in [0.15, 0.2) is 23.0 Å². The van der Waals surface area contributed by atoms with E-state index in [4.69, 9.17) is 52.4 Å². The van der Waals surface area contributed by atoms with Crippen LogP contribution in [0.1, 0.15) is 57.0 Å². The van der Waals surface area contributed by atoms with Gasteiger partial charge in [-0.05, 0) is 137 Å². The zero-order valence-corrected chi connectivity index (χ0v) is 63.2. The monoisotopic (exact) mass is 1540 g/mol. The van der Waals surface area contributed by atoms with Crippen LogP contribution < -0.4 is 5.46 Å². The van der Waals surface area contributed by atoms with Crippen LogP contribution in [0.4, 0.5) is 11.4 Å². The van der Waals surface area contributed by atoms with Crippen molar-refractivity contribution in [3.05, 3.63) is 370 Å². The highest BCUT2D eigenvalue weighted by atomic mass is 79.9. The Morgan fingerprint density at radius 3 is 1.17 bits per heavy atom. The maximum Gasteiger partial charge on any atom is 0.494 e. The first-order valence-electron chi connectivity index (χ1n) is 35.7. The van der Waals surface area contributed by atoms with E-state index in [1.165, 1.54) is 32.7 Å². The zero-order valence-electron chi connectivity index (χ0n) is 60.1. The van der Waals surface area contributed by atoms with Crippen LogP contribution in [0.3, 0.4) is 0 Å². The molecule has 0 radical (unpaired) electrons. The molecule has 2 aliphatic rings. The SMILES string of the molecule is Brc1cccc2c(Br)cccc12.[C-]#[N+]c1ccc(-c2cc(-c3ccccc3)nc(-c3ccc(B4OC(C)(C)C(C)(C)O4)cc3)n2)cc1.[C-]#[N+]c1ccc(-c2cc(-c3ccccc3)nc(C3C=CC(c4cccc5c(-c6ccc(-c7nc(-c8ccccc8)cc(-c8ccc(C#N)cc8)n7)cc6)cccc45)=CC3)n2)cc1. The van der Waals surface area contributed by atoms with Crippen molar-refractivity contribution >= 4 is 82.9 Å². The summed E-state index contributed by atoms with van der Waals surface area (Å²) in [6, 6.07) is 103. The lowest BCUT2D eigenvalue weighted by molar-refractivity contribution is 0.00578. The number of fused-ring (bicyclic) bond motifs is 2. The van der Waals surface area contributed by atoms with Crippen LogP contribution in [0.2, 0.25) is 0 Å². The second-order valence-corrected chi connectivity index (χ2v) is 29.2. The molecular formula is C95H68BBr2N9O2. The number of allylic oxidation sites excluding steroid dienone is 4. The van der Waals surface area contributed by atoms with Crippen molar-refractivity contribution in [3.63, 3.8) is 0 Å². The van der Waals surface area contributed by atoms with E-state index in [1.807, 2.05) is 194 Å². The molecule has 1 saturated heterocycles. The van der Waals surface area contributed by atoms with Crippen LogP contribution in [0, 0.1) is 24.5 Å². The fourth-order valence-electron chi connectivity index (χ4n) is 13.3. The summed E-state index contributed by atoms with van der Waals surface area (Å²) < 4.78 is 14.7. The maximum absolute atomic E-state index is 9.36. The third kappa shape index (κ3) is 15.9. The number of halogens is 2. The Balaban J connectivity index is 0.000000167. The minimum absolute atomic E-state index is 0.00489. The fraction of sp³-hybridized carbons (Fsp3) is 0.0842. The van der Waals surface area contributed by atoms with Crippen molar-refractivity contribution in [2.24, 2.45) is 0 Å². The van der Waals surface area contributed by atoms with Gasteiger partial charge < -0.3 is 9.31 Å². The first-order chi connectivity index (χ1) is 53.1. The number of nitrogens with zero attached hydrogens (tertiary/aromatic N) is 9. The highest BCUT2D eigenvalue weighted by Gasteiger charge is 2.51. The third-order valence-electron chi connectivity index (χ3n) is 19.9. The van der Waals surface area contributed by atoms with E-state index in [-0.39, 0.29) is 17.1 Å². The van der Waals surface area contributed by atoms with E-state index in [0.717, 1.165) is 116 Å². The fourth-order valence-corrected chi connectivity index (χ4v) is 14.2. The van der Waals surface area contributed by atoms with Crippen LogP contribution >= 0.6 is 31.9 Å². The topological polar surface area (TPSA) is 128 Å². The van der Waals surface area contributed by atoms with E-state index in [9.17, 15) is 5.26 Å². The molecule has 0 spiro atoms. The summed E-state index contributed by atoms with van der Waals surface area (Å²) in [5.41, 5.74) is 19.3. The summed E-state index contributed by atoms with van der Waals surface area (Å²) >= 11 is 7.02. The van der Waals surface area contributed by atoms with Gasteiger partial charge in [0, 0.05) is 48.2 Å². The predicted molar refractivity (Wildman–Crippen MR) is 449 cm³/mol. The van der Waals surface area contributed by atoms with Crippen LogP contribution in [-0.4, -0.2) is 48.2 Å². The molecule has 0 saturated carbocycles. The maximum atomic E-state index is 9.36. The van der Waals surface area contributed by atoms with Crippen LogP contribution in [0.25, 0.3) is 138 Å². The third-order valence-corrected chi connectivity index (χ3v) is 21.3. The Morgan fingerprint density at radius 1 is 0.394 bits per heavy atom. The second kappa shape index (κ2) is 31.8. The molecule has 12 aromatic carbocycles. The van der Waals surface area contributed by atoms with E-state index < -0.39 is 7.12 Å². The Labute approximate surface area is 651 Å². The first-order valence-corrected chi connectivity index (χ1v) is 37.3. The molecule has 3 aromatic heterocycles. The van der Waals surface area contributed by atoms with Gasteiger partial charge in [0.1, 0.15) is 5.82 Å². The predicted octanol–water partition coefficient (Wildman–Crippen LogP) is 24.7. The Bertz CT molecular complexity index is 6000. The lowest BCUT2D eigenvalue weighted by Gasteiger charge is -2.32. The molecule has 1 unspecified atom stereocenters. The highest BCUT2D eigenvalue weighted by Crippen LogP contribution is 2.41. The minimum Gasteiger partial charge on any atom is -0.399 e. The lowest BCUT2D eigenvalue weighted by Crippen LogP contribution is -2.41. The van der Waals surface area contributed by atoms with Crippen molar-refractivity contribution in [1.29, 1.82) is 5.26 Å². The molecule has 14 heteroatoms. The number of benzene rings is 12. The molecule has 4 heterocycles. The van der Waals surface area contributed by atoms with Gasteiger partial charge in [-0.3, -0.25) is 0 Å². The van der Waals surface area contributed by atoms with Crippen LogP contribution in [0.15, 0.2) is 330 Å². The van der Waals surface area contributed by atoms with E-state index >= 15 is 0 Å². The largest absolute Gasteiger partial charge is 0.494 e. The van der Waals surface area contributed by atoms with Crippen molar-refractivity contribution in [2.75, 3.05) is 0 Å². The molecule has 1 fully saturated rings. The van der Waals surface area contributed by atoms with Gasteiger partial charge in [-0.1, -0.05) is 311 Å². The summed E-state index contributed by atoms with van der Waals surface area (Å²) in [7, 11) is -0.415. The second-order valence-electron chi connectivity index (χ2n) is 27.5. The molecule has 0 bridgehead atoms. The van der Waals surface area contributed by atoms with Crippen molar-refractivity contribution in [3.8, 4) is 108 Å². The average molecular weight is 1540 g/mol. The summed E-state index contributed by atoms with van der Waals surface area (Å²) in [6.45, 7) is 22.8. The molecule has 0 amide bonds. The molecule has 17 rings (SSSR count). The molecular weight excluding hydrogens is 1470 g/mol. The van der Waals surface area contributed by atoms with Gasteiger partial charge in [0.2, 0.25) is 0 Å². The van der Waals surface area contributed by atoms with Crippen molar-refractivity contribution in [2.45, 2.75) is 51.2 Å².